The second-order valence-corrected chi connectivity index (χ2v) is 9.99. The molecule has 0 heterocycles. The fraction of sp³-hybridized carbons (Fsp3) is 0.0800. The molecule has 0 fully saturated rings. The summed E-state index contributed by atoms with van der Waals surface area (Å²) in [7, 11) is -3.25. The van der Waals surface area contributed by atoms with Crippen LogP contribution in [0.2, 0.25) is 10.0 Å². The fourth-order valence-electron chi connectivity index (χ4n) is 3.66. The van der Waals surface area contributed by atoms with Crippen molar-refractivity contribution in [1.82, 2.24) is 0 Å². The number of methoxy groups -OCH3 is 1. The number of benzene rings is 4. The largest absolute Gasteiger partial charge is 1.00 e. The molecular formula is C25H18Cl2N3NaO6S. The maximum absolute atomic E-state index is 13.4. The number of carbonyl (C=O) groups is 1. The Morgan fingerprint density at radius 3 is 2.39 bits per heavy atom. The van der Waals surface area contributed by atoms with Crippen LogP contribution in [0.4, 0.5) is 17.1 Å². The van der Waals surface area contributed by atoms with Gasteiger partial charge in [0.05, 0.1) is 23.5 Å². The third-order valence-electron chi connectivity index (χ3n) is 5.48. The SMILES string of the molecule is COc1ccc(Cl)c(NC(=O)c2cc3ccccc3c(N=Nc3ccc(Cl)c(C)c3S(=O)(=O)O)c2[O-])c1.[Na+]. The van der Waals surface area contributed by atoms with Crippen molar-refractivity contribution < 1.29 is 57.2 Å². The number of hydrogen-bond acceptors (Lipinski definition) is 7. The van der Waals surface area contributed by atoms with Crippen molar-refractivity contribution in [2.75, 3.05) is 12.4 Å². The number of nitrogens with zero attached hydrogens (tertiary/aromatic N) is 2. The average Bonchev–Trinajstić information content (AvgIpc) is 2.85. The Bertz CT molecular complexity index is 1700. The Morgan fingerprint density at radius 1 is 1.03 bits per heavy atom. The molecule has 0 unspecified atom stereocenters. The summed E-state index contributed by atoms with van der Waals surface area (Å²) in [6.07, 6.45) is 0. The summed E-state index contributed by atoms with van der Waals surface area (Å²) >= 11 is 12.2. The van der Waals surface area contributed by atoms with Crippen molar-refractivity contribution in [3.8, 4) is 11.5 Å². The van der Waals surface area contributed by atoms with Crippen LogP contribution in [-0.4, -0.2) is 26.0 Å². The molecule has 0 atom stereocenters. The van der Waals surface area contributed by atoms with Gasteiger partial charge in [0.15, 0.2) is 0 Å². The Balaban J connectivity index is 0.00000400. The number of fused-ring (bicyclic) bond motifs is 1. The first-order valence-corrected chi connectivity index (χ1v) is 12.8. The van der Waals surface area contributed by atoms with Crippen molar-refractivity contribution >= 4 is 67.1 Å². The van der Waals surface area contributed by atoms with Crippen molar-refractivity contribution in [2.45, 2.75) is 11.8 Å². The Hall–Kier alpha value is -2.70. The predicted molar refractivity (Wildman–Crippen MR) is 140 cm³/mol. The van der Waals surface area contributed by atoms with Crippen molar-refractivity contribution in [1.29, 1.82) is 0 Å². The van der Waals surface area contributed by atoms with E-state index in [1.165, 1.54) is 44.4 Å². The van der Waals surface area contributed by atoms with Gasteiger partial charge in [0.25, 0.3) is 16.0 Å². The standard InChI is InChI=1S/C25H19Cl2N3O6S.Na/c1-13-18(26)9-10-20(24(13)37(33,34)35)29-30-22-16-6-4-3-5-14(16)11-17(23(22)31)25(32)28-21-12-15(36-2)7-8-19(21)27;/h3-12,31H,1-2H3,(H,28,32)(H,33,34,35);/q;+1/p-1. The van der Waals surface area contributed by atoms with Crippen LogP contribution in [0.5, 0.6) is 11.5 Å². The summed E-state index contributed by atoms with van der Waals surface area (Å²) in [5.74, 6) is -1.05. The molecule has 190 valence electrons. The van der Waals surface area contributed by atoms with Crippen LogP contribution in [0.1, 0.15) is 15.9 Å². The first-order valence-electron chi connectivity index (χ1n) is 10.6. The molecule has 4 aromatic carbocycles. The van der Waals surface area contributed by atoms with E-state index in [9.17, 15) is 22.9 Å². The summed E-state index contributed by atoms with van der Waals surface area (Å²) < 4.78 is 38.8. The van der Waals surface area contributed by atoms with Gasteiger partial charge in [-0.15, -0.1) is 5.11 Å². The Labute approximate surface area is 250 Å². The monoisotopic (exact) mass is 581 g/mol. The van der Waals surface area contributed by atoms with Gasteiger partial charge in [0.1, 0.15) is 16.3 Å². The second-order valence-electron chi connectivity index (χ2n) is 7.82. The maximum Gasteiger partial charge on any atom is 1.00 e. The molecule has 9 nitrogen and oxygen atoms in total. The van der Waals surface area contributed by atoms with Crippen LogP contribution < -0.4 is 44.7 Å². The molecule has 4 aromatic rings. The minimum absolute atomic E-state index is 0. The molecule has 0 aromatic heterocycles. The number of carbonyl (C=O) groups excluding carboxylic acids is 1. The summed E-state index contributed by atoms with van der Waals surface area (Å²) in [4.78, 5) is 12.6. The van der Waals surface area contributed by atoms with E-state index in [0.717, 1.165) is 0 Å². The quantitative estimate of drug-likeness (QED) is 0.203. The number of rotatable bonds is 6. The van der Waals surface area contributed by atoms with Crippen LogP contribution in [-0.2, 0) is 10.1 Å². The molecular weight excluding hydrogens is 564 g/mol. The first-order chi connectivity index (χ1) is 17.5. The van der Waals surface area contributed by atoms with E-state index >= 15 is 0 Å². The molecule has 13 heteroatoms. The van der Waals surface area contributed by atoms with Crippen LogP contribution in [0.3, 0.4) is 0 Å². The van der Waals surface area contributed by atoms with Crippen molar-refractivity contribution in [3.05, 3.63) is 81.8 Å². The molecule has 0 aliphatic carbocycles. The molecule has 0 radical (unpaired) electrons. The van der Waals surface area contributed by atoms with Gasteiger partial charge in [-0.3, -0.25) is 9.35 Å². The number of halogens is 2. The van der Waals surface area contributed by atoms with E-state index in [4.69, 9.17) is 27.9 Å². The molecule has 0 bridgehead atoms. The van der Waals surface area contributed by atoms with E-state index in [1.54, 1.807) is 30.3 Å². The number of azo groups is 1. The number of ether oxygens (including phenoxy) is 1. The zero-order valence-electron chi connectivity index (χ0n) is 20.3. The zero-order valence-corrected chi connectivity index (χ0v) is 24.6. The van der Waals surface area contributed by atoms with Crippen molar-refractivity contribution in [3.63, 3.8) is 0 Å². The molecule has 0 aliphatic rings. The minimum Gasteiger partial charge on any atom is -0.870 e. The Kier molecular flexibility index (Phi) is 9.43. The third-order valence-corrected chi connectivity index (χ3v) is 7.25. The predicted octanol–water partition coefficient (Wildman–Crippen LogP) is 3.46. The molecule has 2 N–H and O–H groups in total. The molecule has 0 saturated heterocycles. The van der Waals surface area contributed by atoms with Gasteiger partial charge < -0.3 is 15.2 Å². The van der Waals surface area contributed by atoms with E-state index in [0.29, 0.717) is 16.5 Å². The molecule has 4 rings (SSSR count). The van der Waals surface area contributed by atoms with E-state index < -0.39 is 26.7 Å². The van der Waals surface area contributed by atoms with Crippen LogP contribution >= 0.6 is 23.2 Å². The molecule has 0 spiro atoms. The van der Waals surface area contributed by atoms with Crippen molar-refractivity contribution in [2.24, 2.45) is 10.2 Å². The molecule has 0 aliphatic heterocycles. The van der Waals surface area contributed by atoms with Gasteiger partial charge >= 0.3 is 29.6 Å². The topological polar surface area (TPSA) is 140 Å². The van der Waals surface area contributed by atoms with Gasteiger partial charge in [-0.2, -0.15) is 13.5 Å². The smallest absolute Gasteiger partial charge is 0.870 e. The summed E-state index contributed by atoms with van der Waals surface area (Å²) in [6.45, 7) is 1.40. The van der Waals surface area contributed by atoms with E-state index in [-0.39, 0.29) is 67.8 Å². The number of nitrogens with one attached hydrogen (secondary N) is 1. The molecule has 38 heavy (non-hydrogen) atoms. The van der Waals surface area contributed by atoms with Gasteiger partial charge in [-0.05, 0) is 48.2 Å². The minimum atomic E-state index is -4.71. The maximum atomic E-state index is 13.4. The van der Waals surface area contributed by atoms with Gasteiger partial charge in [-0.25, -0.2) is 0 Å². The van der Waals surface area contributed by atoms with Crippen LogP contribution in [0.15, 0.2) is 75.8 Å². The normalized spacial score (nSPS) is 11.4. The Morgan fingerprint density at radius 2 is 1.71 bits per heavy atom. The van der Waals surface area contributed by atoms with E-state index in [2.05, 4.69) is 15.5 Å². The molecule has 1 amide bonds. The summed E-state index contributed by atoms with van der Waals surface area (Å²) in [5, 5.41) is 25.2. The molecule has 0 saturated carbocycles. The first kappa shape index (κ1) is 29.9. The number of amides is 1. The van der Waals surface area contributed by atoms with E-state index in [1.807, 2.05) is 0 Å². The van der Waals surface area contributed by atoms with Crippen LogP contribution in [0.25, 0.3) is 10.8 Å². The van der Waals surface area contributed by atoms with Crippen LogP contribution in [0, 0.1) is 6.92 Å². The van der Waals surface area contributed by atoms with Gasteiger partial charge in [-0.1, -0.05) is 53.2 Å². The van der Waals surface area contributed by atoms with Gasteiger partial charge in [0.2, 0.25) is 0 Å². The number of hydrogen-bond donors (Lipinski definition) is 2. The fourth-order valence-corrected chi connectivity index (χ4v) is 4.90. The third kappa shape index (κ3) is 6.13. The summed E-state index contributed by atoms with van der Waals surface area (Å²) in [6, 6.07) is 15.4. The zero-order chi connectivity index (χ0) is 26.9. The number of anilines is 1. The van der Waals surface area contributed by atoms with Gasteiger partial charge in [0, 0.05) is 22.0 Å². The second kappa shape index (κ2) is 12.0. The summed E-state index contributed by atoms with van der Waals surface area (Å²) in [5.41, 5.74) is -0.374. The average molecular weight is 582 g/mol.